The molecule has 2 N–H and O–H groups in total. The molecule has 0 saturated carbocycles. The molecular formula is C13H17FN2O. The molecule has 0 saturated heterocycles. The van der Waals surface area contributed by atoms with Crippen LogP contribution >= 0.6 is 0 Å². The van der Waals surface area contributed by atoms with Crippen molar-refractivity contribution in [3.05, 3.63) is 35.1 Å². The van der Waals surface area contributed by atoms with Gasteiger partial charge in [0, 0.05) is 6.54 Å². The Bertz CT molecular complexity index is 412. The van der Waals surface area contributed by atoms with Crippen molar-refractivity contribution < 1.29 is 9.50 Å². The molecule has 4 heteroatoms. The number of aliphatic hydroxyl groups is 1. The van der Waals surface area contributed by atoms with Crippen LogP contribution in [0.1, 0.15) is 31.1 Å². The summed E-state index contributed by atoms with van der Waals surface area (Å²) >= 11 is 0. The van der Waals surface area contributed by atoms with E-state index < -0.39 is 11.9 Å². The van der Waals surface area contributed by atoms with Crippen LogP contribution in [0.5, 0.6) is 0 Å². The van der Waals surface area contributed by atoms with Gasteiger partial charge in [-0.3, -0.25) is 0 Å². The molecule has 0 aliphatic heterocycles. The van der Waals surface area contributed by atoms with E-state index >= 15 is 0 Å². The van der Waals surface area contributed by atoms with E-state index in [4.69, 9.17) is 5.26 Å². The number of hydrogen-bond acceptors (Lipinski definition) is 3. The second-order valence-corrected chi connectivity index (χ2v) is 4.45. The summed E-state index contributed by atoms with van der Waals surface area (Å²) in [6.07, 6.45) is -0.795. The van der Waals surface area contributed by atoms with E-state index in [-0.39, 0.29) is 5.56 Å². The maximum Gasteiger partial charge on any atom is 0.124 e. The van der Waals surface area contributed by atoms with Crippen LogP contribution in [0.4, 0.5) is 4.39 Å². The number of hydrogen-bond donors (Lipinski definition) is 2. The monoisotopic (exact) mass is 236 g/mol. The Morgan fingerprint density at radius 3 is 2.65 bits per heavy atom. The minimum Gasteiger partial charge on any atom is -0.387 e. The number of nitriles is 1. The summed E-state index contributed by atoms with van der Waals surface area (Å²) in [4.78, 5) is 0. The van der Waals surface area contributed by atoms with E-state index in [0.717, 1.165) is 12.6 Å². The van der Waals surface area contributed by atoms with Gasteiger partial charge in [0.1, 0.15) is 5.82 Å². The van der Waals surface area contributed by atoms with Crippen LogP contribution in [0.25, 0.3) is 0 Å². The first-order chi connectivity index (χ1) is 8.02. The Kier molecular flexibility index (Phi) is 5.08. The minimum absolute atomic E-state index is 0.225. The van der Waals surface area contributed by atoms with Gasteiger partial charge in [0.2, 0.25) is 0 Å². The van der Waals surface area contributed by atoms with Crippen LogP contribution < -0.4 is 5.32 Å². The van der Waals surface area contributed by atoms with Gasteiger partial charge in [0.15, 0.2) is 0 Å². The highest BCUT2D eigenvalue weighted by Crippen LogP contribution is 2.16. The molecule has 0 aliphatic rings. The van der Waals surface area contributed by atoms with Crippen molar-refractivity contribution in [1.29, 1.82) is 5.26 Å². The van der Waals surface area contributed by atoms with E-state index in [2.05, 4.69) is 19.2 Å². The standard InChI is InChI=1S/C13H17FN2O/c1-9(2)7-16-8-13(17)11-3-10(6-15)4-12(14)5-11/h3-5,9,13,16-17H,7-8H2,1-2H3. The maximum absolute atomic E-state index is 13.1. The number of nitrogens with zero attached hydrogens (tertiary/aromatic N) is 1. The second-order valence-electron chi connectivity index (χ2n) is 4.45. The van der Waals surface area contributed by atoms with Crippen molar-refractivity contribution in [2.24, 2.45) is 5.92 Å². The first kappa shape index (κ1) is 13.6. The number of nitrogens with one attached hydrogen (secondary N) is 1. The zero-order chi connectivity index (χ0) is 12.8. The highest BCUT2D eigenvalue weighted by Gasteiger charge is 2.10. The summed E-state index contributed by atoms with van der Waals surface area (Å²) in [6, 6.07) is 5.77. The molecule has 3 nitrogen and oxygen atoms in total. The largest absolute Gasteiger partial charge is 0.387 e. The SMILES string of the molecule is CC(C)CNCC(O)c1cc(F)cc(C#N)c1. The fourth-order valence-corrected chi connectivity index (χ4v) is 1.50. The average Bonchev–Trinajstić information content (AvgIpc) is 2.27. The van der Waals surface area contributed by atoms with Gasteiger partial charge >= 0.3 is 0 Å². The first-order valence-corrected chi connectivity index (χ1v) is 5.62. The van der Waals surface area contributed by atoms with Crippen LogP contribution in [0.3, 0.4) is 0 Å². The lowest BCUT2D eigenvalue weighted by Gasteiger charge is -2.13. The van der Waals surface area contributed by atoms with Crippen LogP contribution in [-0.2, 0) is 0 Å². The molecule has 1 aromatic rings. The lowest BCUT2D eigenvalue weighted by atomic mass is 10.1. The summed E-state index contributed by atoms with van der Waals surface area (Å²) in [5.74, 6) is -0.00802. The molecule has 0 aromatic heterocycles. The Hall–Kier alpha value is -1.44. The van der Waals surface area contributed by atoms with Crippen molar-refractivity contribution in [2.75, 3.05) is 13.1 Å². The maximum atomic E-state index is 13.1. The predicted octanol–water partition coefficient (Wildman–Crippen LogP) is 1.98. The molecular weight excluding hydrogens is 219 g/mol. The normalized spacial score (nSPS) is 12.5. The Morgan fingerprint density at radius 2 is 2.06 bits per heavy atom. The lowest BCUT2D eigenvalue weighted by molar-refractivity contribution is 0.173. The van der Waals surface area contributed by atoms with Crippen LogP contribution in [0.15, 0.2) is 18.2 Å². The molecule has 0 fully saturated rings. The van der Waals surface area contributed by atoms with Gasteiger partial charge in [0.25, 0.3) is 0 Å². The highest BCUT2D eigenvalue weighted by molar-refractivity contribution is 5.34. The number of benzene rings is 1. The van der Waals surface area contributed by atoms with Crippen molar-refractivity contribution in [1.82, 2.24) is 5.32 Å². The van der Waals surface area contributed by atoms with E-state index in [9.17, 15) is 9.50 Å². The summed E-state index contributed by atoms with van der Waals surface area (Å²) in [7, 11) is 0. The molecule has 1 rings (SSSR count). The lowest BCUT2D eigenvalue weighted by Crippen LogP contribution is -2.25. The van der Waals surface area contributed by atoms with Gasteiger partial charge in [-0.2, -0.15) is 5.26 Å². The molecule has 0 aliphatic carbocycles. The molecule has 0 amide bonds. The molecule has 92 valence electrons. The fraction of sp³-hybridized carbons (Fsp3) is 0.462. The highest BCUT2D eigenvalue weighted by atomic mass is 19.1. The molecule has 0 bridgehead atoms. The quantitative estimate of drug-likeness (QED) is 0.821. The Balaban J connectivity index is 2.65. The summed E-state index contributed by atoms with van der Waals surface area (Å²) in [5, 5.41) is 21.6. The van der Waals surface area contributed by atoms with Gasteiger partial charge in [-0.05, 0) is 36.2 Å². The van der Waals surface area contributed by atoms with Crippen LogP contribution in [0.2, 0.25) is 0 Å². The van der Waals surface area contributed by atoms with Gasteiger partial charge < -0.3 is 10.4 Å². The third kappa shape index (κ3) is 4.51. The van der Waals surface area contributed by atoms with E-state index in [0.29, 0.717) is 18.0 Å². The van der Waals surface area contributed by atoms with E-state index in [1.165, 1.54) is 12.1 Å². The first-order valence-electron chi connectivity index (χ1n) is 5.62. The van der Waals surface area contributed by atoms with Gasteiger partial charge in [-0.15, -0.1) is 0 Å². The van der Waals surface area contributed by atoms with E-state index in [1.807, 2.05) is 6.07 Å². The summed E-state index contributed by atoms with van der Waals surface area (Å²) < 4.78 is 13.1. The average molecular weight is 236 g/mol. The Labute approximate surface area is 101 Å². The van der Waals surface area contributed by atoms with Gasteiger partial charge in [-0.25, -0.2) is 4.39 Å². The Morgan fingerprint density at radius 1 is 1.35 bits per heavy atom. The smallest absolute Gasteiger partial charge is 0.124 e. The minimum atomic E-state index is -0.795. The summed E-state index contributed by atoms with van der Waals surface area (Å²) in [6.45, 7) is 5.27. The predicted molar refractivity (Wildman–Crippen MR) is 63.8 cm³/mol. The molecule has 1 aromatic carbocycles. The van der Waals surface area contributed by atoms with Crippen molar-refractivity contribution in [3.63, 3.8) is 0 Å². The summed E-state index contributed by atoms with van der Waals surface area (Å²) in [5.41, 5.74) is 0.653. The number of aliphatic hydroxyl groups excluding tert-OH is 1. The van der Waals surface area contributed by atoms with Crippen molar-refractivity contribution >= 4 is 0 Å². The molecule has 0 radical (unpaired) electrons. The molecule has 1 unspecified atom stereocenters. The second kappa shape index (κ2) is 6.33. The number of halogens is 1. The zero-order valence-corrected chi connectivity index (χ0v) is 10.1. The zero-order valence-electron chi connectivity index (χ0n) is 10.1. The third-order valence-electron chi connectivity index (χ3n) is 2.32. The van der Waals surface area contributed by atoms with Crippen LogP contribution in [0, 0.1) is 23.1 Å². The van der Waals surface area contributed by atoms with Gasteiger partial charge in [0.05, 0.1) is 17.7 Å². The molecule has 1 atom stereocenters. The third-order valence-corrected chi connectivity index (χ3v) is 2.32. The molecule has 0 spiro atoms. The van der Waals surface area contributed by atoms with Crippen LogP contribution in [-0.4, -0.2) is 18.2 Å². The fourth-order valence-electron chi connectivity index (χ4n) is 1.50. The van der Waals surface area contributed by atoms with Gasteiger partial charge in [-0.1, -0.05) is 13.8 Å². The van der Waals surface area contributed by atoms with Crippen molar-refractivity contribution in [2.45, 2.75) is 20.0 Å². The molecule has 17 heavy (non-hydrogen) atoms. The topological polar surface area (TPSA) is 56.0 Å². The van der Waals surface area contributed by atoms with Crippen molar-refractivity contribution in [3.8, 4) is 6.07 Å². The molecule has 0 heterocycles. The number of rotatable bonds is 5. The van der Waals surface area contributed by atoms with E-state index in [1.54, 1.807) is 0 Å².